The average molecular weight is 537 g/mol. The summed E-state index contributed by atoms with van der Waals surface area (Å²) in [4.78, 5) is 28.3. The molecule has 1 amide bonds. The number of carbonyl (C=O) groups excluding carboxylic acids is 1. The van der Waals surface area contributed by atoms with Crippen LogP contribution in [0.4, 0.5) is 32.2 Å². The number of benzene rings is 2. The van der Waals surface area contributed by atoms with Gasteiger partial charge in [-0.05, 0) is 48.0 Å². The molecular formula is C25H17F6N3O4. The Kier molecular flexibility index (Phi) is 6.78. The van der Waals surface area contributed by atoms with Crippen LogP contribution in [0.15, 0.2) is 59.0 Å². The predicted molar refractivity (Wildman–Crippen MR) is 125 cm³/mol. The van der Waals surface area contributed by atoms with Crippen molar-refractivity contribution in [2.75, 3.05) is 18.9 Å². The summed E-state index contributed by atoms with van der Waals surface area (Å²) >= 11 is 0. The van der Waals surface area contributed by atoms with E-state index in [-0.39, 0.29) is 44.7 Å². The lowest BCUT2D eigenvalue weighted by Gasteiger charge is -2.21. The number of hydrogen-bond acceptors (Lipinski definition) is 5. The molecule has 4 rings (SSSR count). The first-order valence-corrected chi connectivity index (χ1v) is 10.8. The number of nitrogens with one attached hydrogen (secondary N) is 2. The van der Waals surface area contributed by atoms with E-state index in [0.717, 1.165) is 12.1 Å². The number of hydrogen-bond donors (Lipinski definition) is 3. The zero-order chi connectivity index (χ0) is 27.8. The van der Waals surface area contributed by atoms with Crippen molar-refractivity contribution >= 4 is 28.8 Å². The van der Waals surface area contributed by atoms with Crippen LogP contribution in [0.3, 0.4) is 0 Å². The first-order valence-electron chi connectivity index (χ1n) is 10.8. The van der Waals surface area contributed by atoms with Crippen molar-refractivity contribution < 1.29 is 45.5 Å². The molecule has 0 unspecified atom stereocenters. The Hall–Kier alpha value is -4.55. The zero-order valence-corrected chi connectivity index (χ0v) is 19.3. The SMILES string of the molecule is CNC(=O)c1c(-c2ccc(F)cc2)oc2nc(NCC(F)(F)C(F)(F)F)c(-c3cccc(C(=O)O)c3)cc12. The van der Waals surface area contributed by atoms with Crippen molar-refractivity contribution in [1.29, 1.82) is 0 Å². The van der Waals surface area contributed by atoms with Crippen LogP contribution < -0.4 is 10.6 Å². The van der Waals surface area contributed by atoms with E-state index in [2.05, 4.69) is 10.3 Å². The molecule has 0 radical (unpaired) electrons. The van der Waals surface area contributed by atoms with Gasteiger partial charge in [0.25, 0.3) is 5.91 Å². The van der Waals surface area contributed by atoms with Crippen molar-refractivity contribution in [2.45, 2.75) is 12.1 Å². The molecule has 2 aromatic heterocycles. The topological polar surface area (TPSA) is 104 Å². The zero-order valence-electron chi connectivity index (χ0n) is 19.3. The van der Waals surface area contributed by atoms with Crippen LogP contribution in [0, 0.1) is 5.82 Å². The quantitative estimate of drug-likeness (QED) is 0.251. The summed E-state index contributed by atoms with van der Waals surface area (Å²) < 4.78 is 85.0. The maximum atomic E-state index is 13.7. The van der Waals surface area contributed by atoms with Crippen molar-refractivity contribution in [1.82, 2.24) is 10.3 Å². The summed E-state index contributed by atoms with van der Waals surface area (Å²) in [6.45, 7) is -1.88. The summed E-state index contributed by atoms with van der Waals surface area (Å²) in [5, 5.41) is 13.8. The monoisotopic (exact) mass is 537 g/mol. The van der Waals surface area contributed by atoms with E-state index in [4.69, 9.17) is 4.42 Å². The fourth-order valence-electron chi connectivity index (χ4n) is 3.65. The first kappa shape index (κ1) is 26.5. The number of carboxylic acids is 1. The Balaban J connectivity index is 1.97. The Labute approximate surface area is 210 Å². The first-order chi connectivity index (χ1) is 17.8. The largest absolute Gasteiger partial charge is 0.478 e. The van der Waals surface area contributed by atoms with Crippen molar-refractivity contribution in [3.63, 3.8) is 0 Å². The molecule has 2 aromatic carbocycles. The second kappa shape index (κ2) is 9.72. The molecule has 3 N–H and O–H groups in total. The highest BCUT2D eigenvalue weighted by molar-refractivity contribution is 6.11. The molecule has 4 aromatic rings. The van der Waals surface area contributed by atoms with E-state index in [1.807, 2.05) is 5.32 Å². The smallest absolute Gasteiger partial charge is 0.455 e. The molecule has 0 aliphatic heterocycles. The Morgan fingerprint density at radius 2 is 1.68 bits per heavy atom. The second-order valence-corrected chi connectivity index (χ2v) is 8.07. The lowest BCUT2D eigenvalue weighted by molar-refractivity contribution is -0.275. The van der Waals surface area contributed by atoms with Crippen molar-refractivity contribution in [2.24, 2.45) is 0 Å². The molecule has 0 fully saturated rings. The van der Waals surface area contributed by atoms with Gasteiger partial charge in [-0.3, -0.25) is 4.79 Å². The van der Waals surface area contributed by atoms with Gasteiger partial charge in [-0.2, -0.15) is 26.9 Å². The summed E-state index contributed by atoms with van der Waals surface area (Å²) in [6, 6.07) is 11.3. The Bertz CT molecular complexity index is 1530. The number of fused-ring (bicyclic) bond motifs is 1. The maximum absolute atomic E-state index is 13.7. The summed E-state index contributed by atoms with van der Waals surface area (Å²) in [5.41, 5.74) is -0.265. The highest BCUT2D eigenvalue weighted by Crippen LogP contribution is 2.40. The highest BCUT2D eigenvalue weighted by atomic mass is 19.4. The van der Waals surface area contributed by atoms with Gasteiger partial charge in [-0.25, -0.2) is 9.18 Å². The van der Waals surface area contributed by atoms with Gasteiger partial charge in [0.05, 0.1) is 23.1 Å². The van der Waals surface area contributed by atoms with E-state index in [9.17, 15) is 41.0 Å². The molecule has 0 spiro atoms. The number of alkyl halides is 5. The van der Waals surface area contributed by atoms with Crippen LogP contribution in [0.25, 0.3) is 33.6 Å². The molecule has 0 aliphatic carbocycles. The van der Waals surface area contributed by atoms with Gasteiger partial charge < -0.3 is 20.2 Å². The number of anilines is 1. The van der Waals surface area contributed by atoms with Crippen LogP contribution >= 0.6 is 0 Å². The van der Waals surface area contributed by atoms with Gasteiger partial charge >= 0.3 is 18.1 Å². The van der Waals surface area contributed by atoms with E-state index in [1.54, 1.807) is 0 Å². The van der Waals surface area contributed by atoms with Crippen molar-refractivity contribution in [3.05, 3.63) is 71.5 Å². The molecule has 0 saturated carbocycles. The van der Waals surface area contributed by atoms with Gasteiger partial charge in [0, 0.05) is 18.2 Å². The van der Waals surface area contributed by atoms with Crippen LogP contribution in [0.1, 0.15) is 20.7 Å². The molecule has 198 valence electrons. The number of aromatic carboxylic acids is 1. The predicted octanol–water partition coefficient (Wildman–Crippen LogP) is 5.97. The maximum Gasteiger partial charge on any atom is 0.455 e. The molecule has 0 bridgehead atoms. The van der Waals surface area contributed by atoms with E-state index in [1.165, 1.54) is 49.5 Å². The summed E-state index contributed by atoms with van der Waals surface area (Å²) in [6.07, 6.45) is -5.85. The molecule has 0 atom stereocenters. The van der Waals surface area contributed by atoms with Crippen LogP contribution in [-0.2, 0) is 0 Å². The summed E-state index contributed by atoms with van der Waals surface area (Å²) in [7, 11) is 1.33. The molecule has 38 heavy (non-hydrogen) atoms. The Morgan fingerprint density at radius 1 is 1.00 bits per heavy atom. The van der Waals surface area contributed by atoms with Crippen molar-refractivity contribution in [3.8, 4) is 22.5 Å². The van der Waals surface area contributed by atoms with E-state index < -0.39 is 42.2 Å². The number of nitrogens with zero attached hydrogens (tertiary/aromatic N) is 1. The number of carbonyl (C=O) groups is 2. The summed E-state index contributed by atoms with van der Waals surface area (Å²) in [5.74, 6) is -8.20. The number of rotatable bonds is 7. The number of amides is 1. The lowest BCUT2D eigenvalue weighted by atomic mass is 10.00. The fourth-order valence-corrected chi connectivity index (χ4v) is 3.65. The minimum absolute atomic E-state index is 0.0486. The molecule has 13 heteroatoms. The molecular weight excluding hydrogens is 520 g/mol. The Morgan fingerprint density at radius 3 is 2.29 bits per heavy atom. The number of halogens is 6. The number of pyridine rings is 1. The number of aromatic nitrogens is 1. The number of furan rings is 1. The van der Waals surface area contributed by atoms with Gasteiger partial charge in [0.15, 0.2) is 0 Å². The normalized spacial score (nSPS) is 12.0. The van der Waals surface area contributed by atoms with Gasteiger partial charge in [-0.1, -0.05) is 12.1 Å². The average Bonchev–Trinajstić information content (AvgIpc) is 3.24. The minimum Gasteiger partial charge on any atom is -0.478 e. The molecule has 0 saturated heterocycles. The van der Waals surface area contributed by atoms with Gasteiger partial charge in [0.1, 0.15) is 17.4 Å². The van der Waals surface area contributed by atoms with E-state index in [0.29, 0.717) is 0 Å². The van der Waals surface area contributed by atoms with Crippen LogP contribution in [0.5, 0.6) is 0 Å². The fraction of sp³-hybridized carbons (Fsp3) is 0.160. The third kappa shape index (κ3) is 4.99. The van der Waals surface area contributed by atoms with Gasteiger partial charge in [0.2, 0.25) is 5.71 Å². The van der Waals surface area contributed by atoms with Crippen LogP contribution in [0.2, 0.25) is 0 Å². The lowest BCUT2D eigenvalue weighted by Crippen LogP contribution is -2.42. The standard InChI is InChI=1S/C25H17F6N3O4/c1-32-21(35)18-17-10-16(13-3-2-4-14(9-13)23(36)37)20(33-11-24(27,28)25(29,30)31)34-22(17)38-19(18)12-5-7-15(26)8-6-12/h2-10H,11H2,1H3,(H,32,35)(H,33,34)(H,36,37). The van der Waals surface area contributed by atoms with Gasteiger partial charge in [-0.15, -0.1) is 0 Å². The minimum atomic E-state index is -5.85. The highest BCUT2D eigenvalue weighted by Gasteiger charge is 2.57. The third-order valence-electron chi connectivity index (χ3n) is 5.56. The third-order valence-corrected chi connectivity index (χ3v) is 5.56. The second-order valence-electron chi connectivity index (χ2n) is 8.07. The van der Waals surface area contributed by atoms with E-state index >= 15 is 0 Å². The number of carboxylic acid groups (broad SMARTS) is 1. The molecule has 0 aliphatic rings. The van der Waals surface area contributed by atoms with Crippen LogP contribution in [-0.4, -0.2) is 47.7 Å². The molecule has 2 heterocycles. The molecule has 7 nitrogen and oxygen atoms in total.